The third-order valence-corrected chi connectivity index (χ3v) is 2.39. The highest BCUT2D eigenvalue weighted by Crippen LogP contribution is 2.21. The first-order chi connectivity index (χ1) is 6.38. The molecule has 0 saturated heterocycles. The number of furan rings is 1. The summed E-state index contributed by atoms with van der Waals surface area (Å²) >= 11 is 3.30. The highest BCUT2D eigenvalue weighted by molar-refractivity contribution is 9.10. The Hall–Kier alpha value is -0.280. The predicted molar refractivity (Wildman–Crippen MR) is 62.3 cm³/mol. The van der Waals surface area contributed by atoms with Crippen LogP contribution in [0.1, 0.15) is 39.5 Å². The van der Waals surface area contributed by atoms with Crippen molar-refractivity contribution in [1.29, 1.82) is 0 Å². The lowest BCUT2D eigenvalue weighted by Gasteiger charge is -2.21. The molecule has 0 aliphatic heterocycles. The third kappa shape index (κ3) is 3.84. The van der Waals surface area contributed by atoms with Gasteiger partial charge in [0.05, 0.1) is 6.04 Å². The Labute approximate surface area is 94.2 Å². The Kier molecular flexibility index (Phi) is 3.78. The smallest absolute Gasteiger partial charge is 0.169 e. The van der Waals surface area contributed by atoms with Crippen molar-refractivity contribution < 1.29 is 4.42 Å². The molecule has 0 amide bonds. The summed E-state index contributed by atoms with van der Waals surface area (Å²) in [6.45, 7) is 9.73. The first-order valence-corrected chi connectivity index (χ1v) is 5.66. The second-order valence-corrected chi connectivity index (χ2v) is 5.59. The Morgan fingerprint density at radius 1 is 1.43 bits per heavy atom. The van der Waals surface area contributed by atoms with E-state index in [0.29, 0.717) is 5.41 Å². The molecule has 0 bridgehead atoms. The number of hydrogen-bond donors (Lipinski definition) is 1. The molecule has 1 unspecified atom stereocenters. The summed E-state index contributed by atoms with van der Waals surface area (Å²) in [5.74, 6) is 0.973. The average Bonchev–Trinajstić information content (AvgIpc) is 2.46. The lowest BCUT2D eigenvalue weighted by molar-refractivity contribution is 0.336. The van der Waals surface area contributed by atoms with Crippen LogP contribution in [0.4, 0.5) is 0 Å². The maximum Gasteiger partial charge on any atom is 0.169 e. The molecule has 1 aromatic rings. The van der Waals surface area contributed by atoms with Gasteiger partial charge in [-0.05, 0) is 40.4 Å². The van der Waals surface area contributed by atoms with Gasteiger partial charge in [-0.1, -0.05) is 20.8 Å². The SMILES string of the molecule is CC(NCC(C)(C)C)c1ccc(Br)o1. The lowest BCUT2D eigenvalue weighted by atomic mass is 9.96. The molecule has 1 aromatic heterocycles. The molecule has 0 aliphatic carbocycles. The molecular formula is C11H18BrNO. The van der Waals surface area contributed by atoms with Crippen molar-refractivity contribution in [3.8, 4) is 0 Å². The van der Waals surface area contributed by atoms with E-state index in [9.17, 15) is 0 Å². The number of nitrogens with one attached hydrogen (secondary N) is 1. The minimum absolute atomic E-state index is 0.264. The fraction of sp³-hybridized carbons (Fsp3) is 0.636. The van der Waals surface area contributed by atoms with Crippen molar-refractivity contribution in [1.82, 2.24) is 5.32 Å². The summed E-state index contributed by atoms with van der Waals surface area (Å²) in [5.41, 5.74) is 0.304. The fourth-order valence-corrected chi connectivity index (χ4v) is 1.44. The van der Waals surface area contributed by atoms with E-state index in [1.165, 1.54) is 0 Å². The van der Waals surface area contributed by atoms with E-state index < -0.39 is 0 Å². The van der Waals surface area contributed by atoms with Crippen molar-refractivity contribution in [3.05, 3.63) is 22.6 Å². The van der Waals surface area contributed by atoms with Crippen LogP contribution in [0.3, 0.4) is 0 Å². The minimum Gasteiger partial charge on any atom is -0.453 e. The Morgan fingerprint density at radius 3 is 2.50 bits per heavy atom. The van der Waals surface area contributed by atoms with Crippen LogP contribution in [0.25, 0.3) is 0 Å². The van der Waals surface area contributed by atoms with Crippen LogP contribution in [0.2, 0.25) is 0 Å². The maximum absolute atomic E-state index is 5.46. The van der Waals surface area contributed by atoms with Gasteiger partial charge in [-0.15, -0.1) is 0 Å². The van der Waals surface area contributed by atoms with E-state index in [1.54, 1.807) is 0 Å². The number of hydrogen-bond acceptors (Lipinski definition) is 2. The van der Waals surface area contributed by atoms with Crippen LogP contribution in [0.15, 0.2) is 21.2 Å². The zero-order valence-corrected chi connectivity index (χ0v) is 10.8. The fourth-order valence-electron chi connectivity index (χ4n) is 1.12. The first-order valence-electron chi connectivity index (χ1n) is 4.87. The zero-order valence-electron chi connectivity index (χ0n) is 9.23. The molecule has 0 radical (unpaired) electrons. The standard InChI is InChI=1S/C11H18BrNO/c1-8(13-7-11(2,3)4)9-5-6-10(12)14-9/h5-6,8,13H,7H2,1-4H3. The van der Waals surface area contributed by atoms with Crippen molar-refractivity contribution >= 4 is 15.9 Å². The van der Waals surface area contributed by atoms with Crippen LogP contribution in [-0.4, -0.2) is 6.54 Å². The monoisotopic (exact) mass is 259 g/mol. The second-order valence-electron chi connectivity index (χ2n) is 4.81. The molecule has 2 nitrogen and oxygen atoms in total. The molecule has 0 saturated carbocycles. The van der Waals surface area contributed by atoms with E-state index in [2.05, 4.69) is 48.9 Å². The van der Waals surface area contributed by atoms with E-state index >= 15 is 0 Å². The Balaban J connectivity index is 2.47. The van der Waals surface area contributed by atoms with E-state index in [1.807, 2.05) is 12.1 Å². The maximum atomic E-state index is 5.46. The number of halogens is 1. The summed E-state index contributed by atoms with van der Waals surface area (Å²) in [6, 6.07) is 4.18. The normalized spacial score (nSPS) is 14.4. The van der Waals surface area contributed by atoms with Gasteiger partial charge >= 0.3 is 0 Å². The molecule has 3 heteroatoms. The predicted octanol–water partition coefficient (Wildman–Crippen LogP) is 3.74. The first kappa shape index (κ1) is 11.8. The molecule has 1 N–H and O–H groups in total. The zero-order chi connectivity index (χ0) is 10.8. The van der Waals surface area contributed by atoms with Crippen LogP contribution < -0.4 is 5.32 Å². The third-order valence-electron chi connectivity index (χ3n) is 1.96. The molecule has 0 fully saturated rings. The van der Waals surface area contributed by atoms with Gasteiger partial charge in [0.1, 0.15) is 5.76 Å². The van der Waals surface area contributed by atoms with Gasteiger partial charge in [0.15, 0.2) is 4.67 Å². The van der Waals surface area contributed by atoms with Crippen LogP contribution in [0, 0.1) is 5.41 Å². The average molecular weight is 260 g/mol. The van der Waals surface area contributed by atoms with Crippen LogP contribution in [-0.2, 0) is 0 Å². The van der Waals surface area contributed by atoms with E-state index in [0.717, 1.165) is 17.0 Å². The van der Waals surface area contributed by atoms with Crippen molar-refractivity contribution in [3.63, 3.8) is 0 Å². The number of rotatable bonds is 3. The Bertz CT molecular complexity index is 288. The molecule has 1 rings (SSSR count). The van der Waals surface area contributed by atoms with Gasteiger partial charge in [-0.25, -0.2) is 0 Å². The molecule has 1 heterocycles. The Morgan fingerprint density at radius 2 is 2.07 bits per heavy atom. The molecule has 1 atom stereocenters. The van der Waals surface area contributed by atoms with Gasteiger partial charge in [0, 0.05) is 6.54 Å². The topological polar surface area (TPSA) is 25.2 Å². The van der Waals surface area contributed by atoms with E-state index in [-0.39, 0.29) is 6.04 Å². The summed E-state index contributed by atoms with van der Waals surface area (Å²) < 4.78 is 6.25. The summed E-state index contributed by atoms with van der Waals surface area (Å²) in [5, 5.41) is 3.44. The molecule has 0 aliphatic rings. The molecule has 80 valence electrons. The minimum atomic E-state index is 0.264. The van der Waals surface area contributed by atoms with Crippen molar-refractivity contribution in [2.75, 3.05) is 6.54 Å². The van der Waals surface area contributed by atoms with Crippen LogP contribution in [0.5, 0.6) is 0 Å². The molecule has 14 heavy (non-hydrogen) atoms. The largest absolute Gasteiger partial charge is 0.453 e. The second kappa shape index (κ2) is 4.49. The van der Waals surface area contributed by atoms with E-state index in [4.69, 9.17) is 4.42 Å². The van der Waals surface area contributed by atoms with Gasteiger partial charge in [0.25, 0.3) is 0 Å². The highest BCUT2D eigenvalue weighted by Gasteiger charge is 2.14. The van der Waals surface area contributed by atoms with Crippen molar-refractivity contribution in [2.45, 2.75) is 33.7 Å². The van der Waals surface area contributed by atoms with Gasteiger partial charge in [-0.2, -0.15) is 0 Å². The quantitative estimate of drug-likeness (QED) is 0.895. The summed E-state index contributed by atoms with van der Waals surface area (Å²) in [6.07, 6.45) is 0. The van der Waals surface area contributed by atoms with Gasteiger partial charge in [-0.3, -0.25) is 0 Å². The highest BCUT2D eigenvalue weighted by atomic mass is 79.9. The summed E-state index contributed by atoms with van der Waals surface area (Å²) in [7, 11) is 0. The van der Waals surface area contributed by atoms with Crippen LogP contribution >= 0.6 is 15.9 Å². The van der Waals surface area contributed by atoms with Gasteiger partial charge < -0.3 is 9.73 Å². The molecule has 0 aromatic carbocycles. The van der Waals surface area contributed by atoms with Gasteiger partial charge in [0.2, 0.25) is 0 Å². The van der Waals surface area contributed by atoms with Crippen molar-refractivity contribution in [2.24, 2.45) is 5.41 Å². The summed E-state index contributed by atoms with van der Waals surface area (Å²) in [4.78, 5) is 0. The molecule has 0 spiro atoms. The lowest BCUT2D eigenvalue weighted by Crippen LogP contribution is -2.28. The molecular weight excluding hydrogens is 242 g/mol.